The summed E-state index contributed by atoms with van der Waals surface area (Å²) in [6.45, 7) is -1.67. The summed E-state index contributed by atoms with van der Waals surface area (Å²) >= 11 is 0. The summed E-state index contributed by atoms with van der Waals surface area (Å²) in [6.07, 6.45) is -5.32. The zero-order valence-electron chi connectivity index (χ0n) is 11.7. The van der Waals surface area contributed by atoms with Crippen molar-refractivity contribution in [1.29, 1.82) is 0 Å². The third-order valence-corrected chi connectivity index (χ3v) is 6.25. The van der Waals surface area contributed by atoms with Crippen molar-refractivity contribution in [3.8, 4) is 0 Å². The molecule has 1 heterocycles. The van der Waals surface area contributed by atoms with Crippen LogP contribution in [0.4, 0.5) is 39.5 Å². The summed E-state index contributed by atoms with van der Waals surface area (Å²) in [6, 6.07) is -10.4. The summed E-state index contributed by atoms with van der Waals surface area (Å²) in [5.74, 6) is -8.53. The predicted molar refractivity (Wildman–Crippen MR) is 54.5 cm³/mol. The Hall–Kier alpha value is -1.88. The number of rotatable bonds is 3. The van der Waals surface area contributed by atoms with E-state index in [4.69, 9.17) is 0 Å². The second-order valence-electron chi connectivity index (χ2n) is 4.52. The molecule has 0 bridgehead atoms. The van der Waals surface area contributed by atoms with Gasteiger partial charge < -0.3 is 0 Å². The van der Waals surface area contributed by atoms with Crippen LogP contribution in [0.15, 0.2) is 0 Å². The first-order chi connectivity index (χ1) is 10.0. The summed E-state index contributed by atoms with van der Waals surface area (Å²) in [5.41, 5.74) is 0. The van der Waals surface area contributed by atoms with Gasteiger partial charge in [-0.05, 0) is 0 Å². The maximum atomic E-state index is 13.9. The number of hydrogen-bond acceptors (Lipinski definition) is 3. The first kappa shape index (κ1) is 19.2. The summed E-state index contributed by atoms with van der Waals surface area (Å²) in [5, 5.41) is -1.41. The molecule has 2 atom stereocenters. The van der Waals surface area contributed by atoms with E-state index in [1.165, 1.54) is 0 Å². The van der Waals surface area contributed by atoms with Crippen molar-refractivity contribution in [3.63, 3.8) is 0 Å². The molecule has 13 heteroatoms. The minimum absolute atomic E-state index is 0.0448. The van der Waals surface area contributed by atoms with Crippen LogP contribution in [0.1, 0.15) is 20.8 Å². The average Bonchev–Trinajstić information content (AvgIpc) is 2.29. The van der Waals surface area contributed by atoms with Crippen molar-refractivity contribution in [1.82, 2.24) is 5.32 Å². The van der Waals surface area contributed by atoms with Crippen LogP contribution in [-0.4, -0.2) is 48.5 Å². The van der Waals surface area contributed by atoms with Gasteiger partial charge in [-0.3, -0.25) is 0 Å². The Labute approximate surface area is 119 Å². The van der Waals surface area contributed by atoms with E-state index < -0.39 is 48.5 Å². The van der Waals surface area contributed by atoms with Crippen LogP contribution in [0.2, 0.25) is 0 Å². The zero-order chi connectivity index (χ0) is 18.5. The Morgan fingerprint density at radius 1 is 1.00 bits per heavy atom. The molecule has 2 unspecified atom stereocenters. The van der Waals surface area contributed by atoms with Crippen LogP contribution in [0, 0.1) is 0 Å². The summed E-state index contributed by atoms with van der Waals surface area (Å²) < 4.78 is 125. The standard InChI is InChI=1S/C6H6F6NO.C4H5F3O.Cf/c1-3(7)5(9,10)13-6(11,12)4(2,8)14-3;1-2-8-3-4(5,6)7;/h1-2H3;2H2,1H3;/q-1;;+1. The molecule has 0 saturated carbocycles. The molecule has 0 aromatic carbocycles. The van der Waals surface area contributed by atoms with Gasteiger partial charge in [-0.2, -0.15) is 0 Å². The SMILES string of the molecule is CCO/[C](=[Cf]\[N]1C(F)(F)C(C)(F)OC(C)(F)C1(F)F)C(F)(F)F. The van der Waals surface area contributed by atoms with E-state index in [2.05, 4.69) is 9.47 Å². The number of morpholine rings is 1. The van der Waals surface area contributed by atoms with E-state index >= 15 is 0 Å². The van der Waals surface area contributed by atoms with E-state index in [0.29, 0.717) is 0 Å². The molecule has 141 valence electrons. The Morgan fingerprint density at radius 2 is 1.39 bits per heavy atom. The van der Waals surface area contributed by atoms with E-state index in [1.807, 2.05) is 0 Å². The Balaban J connectivity index is 3.53. The molecule has 0 spiro atoms. The van der Waals surface area contributed by atoms with Crippen molar-refractivity contribution in [2.24, 2.45) is 0 Å². The Morgan fingerprint density at radius 3 is 1.70 bits per heavy atom. The Bertz CT molecular complexity index is 463. The fourth-order valence-corrected chi connectivity index (χ4v) is 4.61. The molecule has 0 aliphatic carbocycles. The zero-order valence-corrected chi connectivity index (χ0v) is 14.3. The molecule has 3 nitrogen and oxygen atoms in total. The van der Waals surface area contributed by atoms with Crippen LogP contribution in [0.3, 0.4) is 0 Å². The minimum atomic E-state index is -5.32. The van der Waals surface area contributed by atoms with Gasteiger partial charge in [-0.25, -0.2) is 0 Å². The van der Waals surface area contributed by atoms with Gasteiger partial charge in [0.2, 0.25) is 0 Å². The van der Waals surface area contributed by atoms with Crippen LogP contribution in [0.5, 0.6) is 0 Å². The first-order valence-corrected chi connectivity index (χ1v) is 8.30. The molecule has 23 heavy (non-hydrogen) atoms. The number of nitrogens with zero attached hydrogens (tertiary/aromatic N) is 1. The van der Waals surface area contributed by atoms with Gasteiger partial charge in [0, 0.05) is 0 Å². The van der Waals surface area contributed by atoms with Gasteiger partial charge in [0.25, 0.3) is 0 Å². The van der Waals surface area contributed by atoms with Crippen molar-refractivity contribution in [2.75, 3.05) is 6.61 Å². The summed E-state index contributed by atoms with van der Waals surface area (Å²) in [4.78, 5) is 0. The van der Waals surface area contributed by atoms with Crippen LogP contribution < -0.4 is 0 Å². The predicted octanol–water partition coefficient (Wildman–Crippen LogP) is 3.60. The topological polar surface area (TPSA) is 21.7 Å². The fourth-order valence-electron chi connectivity index (χ4n) is 1.40. The van der Waals surface area contributed by atoms with Gasteiger partial charge in [0.1, 0.15) is 0 Å². The molecule has 0 radical (unpaired) electrons. The van der Waals surface area contributed by atoms with Crippen LogP contribution >= 0.6 is 0 Å². The van der Waals surface area contributed by atoms with E-state index in [0.717, 1.165) is 6.92 Å². The number of hydrogen-bond donors (Lipinski definition) is 0. The molecule has 1 saturated heterocycles. The quantitative estimate of drug-likeness (QED) is 0.366. The fraction of sp³-hybridized carbons (Fsp3) is 0.900. The molecule has 0 N–H and O–H groups in total. The Kier molecular flexibility index (Phi) is 4.22. The number of alkyl halides is 9. The average molecular weight is 599 g/mol. The molecule has 1 aliphatic heterocycles. The van der Waals surface area contributed by atoms with Crippen molar-refractivity contribution >= 4 is 6.61 Å². The van der Waals surface area contributed by atoms with Gasteiger partial charge >= 0.3 is 118 Å². The second-order valence-corrected chi connectivity index (χ2v) is 7.48. The van der Waals surface area contributed by atoms with Crippen molar-refractivity contribution in [3.05, 3.63) is 0 Å². The van der Waals surface area contributed by atoms with Crippen LogP contribution in [-0.2, 0) is 9.47 Å². The molecule has 1 aliphatic rings. The second kappa shape index (κ2) is 5.06. The molecule has 0 aromatic rings. The molecule has 0 amide bonds. The normalized spacial score (nSPS) is 35.0. The molecular formula is C10H11CfF9NO2. The number of ether oxygens (including phenoxy) is 2. The van der Waals surface area contributed by atoms with Gasteiger partial charge in [-0.1, -0.05) is 0 Å². The maximum absolute atomic E-state index is 13.9. The van der Waals surface area contributed by atoms with Gasteiger partial charge in [-0.15, -0.1) is 0 Å². The van der Waals surface area contributed by atoms with Crippen LogP contribution in [0.25, 0.3) is 0 Å². The third kappa shape index (κ3) is 2.98. The molecule has 0 aromatic heterocycles. The van der Waals surface area contributed by atoms with Crippen molar-refractivity contribution in [2.45, 2.75) is 50.8 Å². The van der Waals surface area contributed by atoms with Gasteiger partial charge in [0.05, 0.1) is 0 Å². The van der Waals surface area contributed by atoms with Gasteiger partial charge in [0.15, 0.2) is 0 Å². The van der Waals surface area contributed by atoms with Crippen molar-refractivity contribution < 1.29 is 49.0 Å². The van der Waals surface area contributed by atoms with E-state index in [1.54, 1.807) is 0 Å². The van der Waals surface area contributed by atoms with E-state index in [-0.39, 0.29) is 13.8 Å². The summed E-state index contributed by atoms with van der Waals surface area (Å²) in [7, 11) is 0. The third-order valence-electron chi connectivity index (χ3n) is 2.52. The molecule has 1 fully saturated rings. The van der Waals surface area contributed by atoms with E-state index in [9.17, 15) is 39.5 Å². The first-order valence-electron chi connectivity index (χ1n) is 5.81. The number of halogens is 9. The molecular weight excluding hydrogens is 588 g/mol. The molecule has 1 rings (SSSR count). The monoisotopic (exact) mass is 597 g/mol.